The molecule has 3 N–H and O–H groups in total. The minimum Gasteiger partial charge on any atom is -0.325 e. The topological polar surface area (TPSA) is 130 Å². The van der Waals surface area contributed by atoms with Crippen LogP contribution < -0.4 is 16.0 Å². The summed E-state index contributed by atoms with van der Waals surface area (Å²) in [5.74, 6) is -2.08. The number of nitro groups is 1. The first-order valence-electron chi connectivity index (χ1n) is 12.8. The molecule has 0 aromatic heterocycles. The largest absolute Gasteiger partial charge is 0.325 e. The van der Waals surface area contributed by atoms with Crippen LogP contribution in [0.3, 0.4) is 0 Å². The van der Waals surface area contributed by atoms with E-state index in [1.807, 2.05) is 0 Å². The highest BCUT2D eigenvalue weighted by molar-refractivity contribution is 8.00. The summed E-state index contributed by atoms with van der Waals surface area (Å²) in [6.07, 6.45) is 1.41. The van der Waals surface area contributed by atoms with Crippen molar-refractivity contribution in [2.24, 2.45) is 0 Å². The lowest BCUT2D eigenvalue weighted by molar-refractivity contribution is -0.384. The Hall–Kier alpha value is -5.00. The fourth-order valence-corrected chi connectivity index (χ4v) is 4.83. The van der Waals surface area contributed by atoms with Gasteiger partial charge in [-0.1, -0.05) is 35.9 Å². The molecule has 1 unspecified atom stereocenters. The van der Waals surface area contributed by atoms with E-state index in [2.05, 4.69) is 16.0 Å². The van der Waals surface area contributed by atoms with Gasteiger partial charge in [0.05, 0.1) is 15.2 Å². The van der Waals surface area contributed by atoms with Crippen molar-refractivity contribution in [3.63, 3.8) is 0 Å². The molecule has 0 radical (unpaired) electrons. The highest BCUT2D eigenvalue weighted by Gasteiger charge is 2.18. The lowest BCUT2D eigenvalue weighted by Crippen LogP contribution is -2.30. The number of benzene rings is 4. The summed E-state index contributed by atoms with van der Waals surface area (Å²) in [6, 6.07) is 24.5. The molecule has 0 bridgehead atoms. The smallest absolute Gasteiger partial charge is 0.272 e. The number of thioether (sulfide) groups is 1. The molecule has 3 amide bonds. The van der Waals surface area contributed by atoms with Gasteiger partial charge < -0.3 is 16.0 Å². The van der Waals surface area contributed by atoms with Crippen molar-refractivity contribution in [2.75, 3.05) is 10.6 Å². The molecule has 0 spiro atoms. The Balaban J connectivity index is 1.49. The number of nitrogens with zero attached hydrogens (tertiary/aromatic N) is 1. The molecule has 0 heterocycles. The van der Waals surface area contributed by atoms with Crippen LogP contribution >= 0.6 is 23.4 Å². The van der Waals surface area contributed by atoms with Crippen LogP contribution in [0.5, 0.6) is 0 Å². The first kappa shape index (κ1) is 30.9. The van der Waals surface area contributed by atoms with Crippen molar-refractivity contribution in [1.29, 1.82) is 0 Å². The van der Waals surface area contributed by atoms with Gasteiger partial charge in [0.15, 0.2) is 0 Å². The van der Waals surface area contributed by atoms with Crippen LogP contribution in [-0.4, -0.2) is 27.9 Å². The number of carbonyl (C=O) groups is 3. The fraction of sp³-hybridized carbons (Fsp3) is 0.0645. The monoisotopic (exact) mass is 618 g/mol. The molecule has 4 aromatic rings. The molecule has 0 saturated heterocycles. The summed E-state index contributed by atoms with van der Waals surface area (Å²) in [7, 11) is 0. The Bertz CT molecular complexity index is 1700. The number of hydrogen-bond acceptors (Lipinski definition) is 6. The summed E-state index contributed by atoms with van der Waals surface area (Å²) >= 11 is 7.02. The van der Waals surface area contributed by atoms with Crippen LogP contribution in [0.2, 0.25) is 5.02 Å². The van der Waals surface area contributed by atoms with Crippen molar-refractivity contribution in [2.45, 2.75) is 17.1 Å². The second kappa shape index (κ2) is 14.3. The second-order valence-corrected chi connectivity index (χ2v) is 10.9. The van der Waals surface area contributed by atoms with E-state index in [-0.39, 0.29) is 22.3 Å². The molecule has 0 saturated carbocycles. The zero-order chi connectivity index (χ0) is 30.9. The number of nitrogens with one attached hydrogen (secondary N) is 3. The standard InChI is InChI=1S/C31H24ClFN4O5S/c1-19(29(38)34-23-12-15-27(33)26(32)18-23)43-25-9-5-8-22(17-25)35-31(40)28(36-30(39)21-6-3-2-4-7-21)16-20-10-13-24(14-11-20)37(41)42/h2-19H,1H3,(H,34,38)(H,35,40)(H,36,39)/b28-16+. The quantitative estimate of drug-likeness (QED) is 0.0766. The summed E-state index contributed by atoms with van der Waals surface area (Å²) in [4.78, 5) is 50.1. The van der Waals surface area contributed by atoms with Crippen LogP contribution in [-0.2, 0) is 9.59 Å². The van der Waals surface area contributed by atoms with E-state index in [9.17, 15) is 28.9 Å². The minimum absolute atomic E-state index is 0.0912. The molecule has 4 aromatic carbocycles. The third-order valence-corrected chi connectivity index (χ3v) is 7.29. The number of hydrogen-bond donors (Lipinski definition) is 3. The van der Waals surface area contributed by atoms with Gasteiger partial charge in [-0.25, -0.2) is 4.39 Å². The number of halogens is 2. The molecule has 9 nitrogen and oxygen atoms in total. The highest BCUT2D eigenvalue weighted by Crippen LogP contribution is 2.28. The maximum Gasteiger partial charge on any atom is 0.272 e. The molecule has 43 heavy (non-hydrogen) atoms. The maximum absolute atomic E-state index is 13.4. The summed E-state index contributed by atoms with van der Waals surface area (Å²) in [6.45, 7) is 1.69. The molecule has 4 rings (SSSR count). The summed E-state index contributed by atoms with van der Waals surface area (Å²) in [5, 5.41) is 18.4. The van der Waals surface area contributed by atoms with Crippen LogP contribution in [0.25, 0.3) is 6.08 Å². The zero-order valence-electron chi connectivity index (χ0n) is 22.5. The van der Waals surface area contributed by atoms with E-state index in [1.165, 1.54) is 54.2 Å². The SMILES string of the molecule is CC(Sc1cccc(NC(=O)/C(=C\c2ccc([N+](=O)[O-])cc2)NC(=O)c2ccccc2)c1)C(=O)Nc1ccc(F)c(Cl)c1. The maximum atomic E-state index is 13.4. The Morgan fingerprint density at radius 3 is 2.28 bits per heavy atom. The molecule has 0 fully saturated rings. The van der Waals surface area contributed by atoms with E-state index in [1.54, 1.807) is 61.5 Å². The van der Waals surface area contributed by atoms with Gasteiger partial charge in [0.1, 0.15) is 11.5 Å². The average Bonchev–Trinajstić information content (AvgIpc) is 2.99. The van der Waals surface area contributed by atoms with Crippen LogP contribution in [0.1, 0.15) is 22.8 Å². The van der Waals surface area contributed by atoms with Crippen LogP contribution in [0.15, 0.2) is 108 Å². The van der Waals surface area contributed by atoms with Gasteiger partial charge in [-0.05, 0) is 79.2 Å². The first-order chi connectivity index (χ1) is 20.6. The first-order valence-corrected chi connectivity index (χ1v) is 14.0. The molecule has 0 aliphatic heterocycles. The van der Waals surface area contributed by atoms with E-state index < -0.39 is 27.8 Å². The number of anilines is 2. The van der Waals surface area contributed by atoms with Gasteiger partial charge in [0.2, 0.25) is 5.91 Å². The van der Waals surface area contributed by atoms with Crippen molar-refractivity contribution >= 4 is 64.2 Å². The predicted molar refractivity (Wildman–Crippen MR) is 165 cm³/mol. The van der Waals surface area contributed by atoms with E-state index in [4.69, 9.17) is 11.6 Å². The Morgan fingerprint density at radius 2 is 1.60 bits per heavy atom. The number of amides is 3. The lowest BCUT2D eigenvalue weighted by Gasteiger charge is -2.14. The number of nitro benzene ring substituents is 1. The molecule has 218 valence electrons. The Kier molecular flexibility index (Phi) is 10.3. The second-order valence-electron chi connectivity index (χ2n) is 9.09. The van der Waals surface area contributed by atoms with Crippen molar-refractivity contribution < 1.29 is 23.7 Å². The Morgan fingerprint density at radius 1 is 0.907 bits per heavy atom. The van der Waals surface area contributed by atoms with Crippen LogP contribution in [0.4, 0.5) is 21.5 Å². The lowest BCUT2D eigenvalue weighted by atomic mass is 10.1. The van der Waals surface area contributed by atoms with Crippen molar-refractivity contribution in [3.05, 3.63) is 135 Å². The van der Waals surface area contributed by atoms with E-state index in [0.717, 1.165) is 6.07 Å². The molecule has 12 heteroatoms. The van der Waals surface area contributed by atoms with Gasteiger partial charge >= 0.3 is 0 Å². The average molecular weight is 619 g/mol. The highest BCUT2D eigenvalue weighted by atomic mass is 35.5. The van der Waals surface area contributed by atoms with Gasteiger partial charge in [0.25, 0.3) is 17.5 Å². The molecule has 0 aliphatic carbocycles. The van der Waals surface area contributed by atoms with Gasteiger partial charge in [0, 0.05) is 34.0 Å². The molecular formula is C31H24ClFN4O5S. The normalized spacial score (nSPS) is 11.7. The fourth-order valence-electron chi connectivity index (χ4n) is 3.72. The minimum atomic E-state index is -0.635. The third kappa shape index (κ3) is 8.74. The number of non-ortho nitro benzene ring substituents is 1. The van der Waals surface area contributed by atoms with Gasteiger partial charge in [-0.2, -0.15) is 0 Å². The molecular weight excluding hydrogens is 595 g/mol. The number of rotatable bonds is 10. The van der Waals surface area contributed by atoms with Crippen molar-refractivity contribution in [3.8, 4) is 0 Å². The van der Waals surface area contributed by atoms with E-state index >= 15 is 0 Å². The summed E-state index contributed by atoms with van der Waals surface area (Å²) < 4.78 is 13.4. The molecule has 1 atom stereocenters. The molecule has 0 aliphatic rings. The van der Waals surface area contributed by atoms with Crippen LogP contribution in [0, 0.1) is 15.9 Å². The number of carbonyl (C=O) groups excluding carboxylic acids is 3. The van der Waals surface area contributed by atoms with Gasteiger partial charge in [-0.3, -0.25) is 24.5 Å². The van der Waals surface area contributed by atoms with Gasteiger partial charge in [-0.15, -0.1) is 11.8 Å². The van der Waals surface area contributed by atoms with E-state index in [0.29, 0.717) is 27.4 Å². The third-order valence-electron chi connectivity index (χ3n) is 5.90. The van der Waals surface area contributed by atoms with Crippen molar-refractivity contribution in [1.82, 2.24) is 5.32 Å². The zero-order valence-corrected chi connectivity index (χ0v) is 24.1. The summed E-state index contributed by atoms with van der Waals surface area (Å²) in [5.41, 5.74) is 1.34. The Labute approximate surface area is 255 Å². The predicted octanol–water partition coefficient (Wildman–Crippen LogP) is 6.92.